The molecular weight excluding hydrogens is 485 g/mol. The van der Waals surface area contributed by atoms with Crippen molar-refractivity contribution >= 4 is 22.8 Å². The highest BCUT2D eigenvalue weighted by Crippen LogP contribution is 2.36. The molecular formula is C28H30FN7O2. The van der Waals surface area contributed by atoms with Gasteiger partial charge in [0.05, 0.1) is 11.4 Å². The van der Waals surface area contributed by atoms with E-state index in [0.717, 1.165) is 12.8 Å². The smallest absolute Gasteiger partial charge is 0.246 e. The minimum absolute atomic E-state index is 0.0292. The second-order valence-electron chi connectivity index (χ2n) is 9.56. The summed E-state index contributed by atoms with van der Waals surface area (Å²) in [5.41, 5.74) is 7.83. The highest BCUT2D eigenvalue weighted by molar-refractivity contribution is 5.98. The van der Waals surface area contributed by atoms with Crippen LogP contribution in [0.2, 0.25) is 0 Å². The van der Waals surface area contributed by atoms with Crippen LogP contribution in [0.4, 0.5) is 10.2 Å². The van der Waals surface area contributed by atoms with Gasteiger partial charge in [-0.1, -0.05) is 24.3 Å². The van der Waals surface area contributed by atoms with E-state index >= 15 is 4.39 Å². The van der Waals surface area contributed by atoms with Crippen LogP contribution in [0, 0.1) is 5.82 Å². The number of para-hydroxylation sites is 1. The molecule has 10 heteroatoms. The Morgan fingerprint density at radius 2 is 2.03 bits per heavy atom. The molecule has 0 radical (unpaired) electrons. The molecule has 0 aliphatic carbocycles. The SMILES string of the molecule is CN(C)CC=CC(=O)N1CCC[C@@H](n2nc(-c3ccc(Oc4ccccc4)c(F)c3)c3c(N)ncnc32)C1. The van der Waals surface area contributed by atoms with Crippen molar-refractivity contribution in [2.45, 2.75) is 18.9 Å². The van der Waals surface area contributed by atoms with Crippen molar-refractivity contribution in [1.82, 2.24) is 29.5 Å². The summed E-state index contributed by atoms with van der Waals surface area (Å²) in [4.78, 5) is 25.2. The second-order valence-corrected chi connectivity index (χ2v) is 9.56. The molecule has 196 valence electrons. The van der Waals surface area contributed by atoms with Crippen LogP contribution in [0.5, 0.6) is 11.5 Å². The lowest BCUT2D eigenvalue weighted by atomic mass is 10.1. The first-order valence-electron chi connectivity index (χ1n) is 12.5. The lowest BCUT2D eigenvalue weighted by Gasteiger charge is -2.32. The molecule has 1 atom stereocenters. The fourth-order valence-electron chi connectivity index (χ4n) is 4.62. The van der Waals surface area contributed by atoms with Crippen LogP contribution in [0.3, 0.4) is 0 Å². The molecule has 4 aromatic rings. The number of ether oxygens (including phenoxy) is 1. The number of benzene rings is 2. The maximum atomic E-state index is 15.1. The number of carbonyl (C=O) groups excluding carboxylic acids is 1. The highest BCUT2D eigenvalue weighted by atomic mass is 19.1. The maximum absolute atomic E-state index is 15.1. The Bertz CT molecular complexity index is 1470. The molecule has 1 aliphatic heterocycles. The first kappa shape index (κ1) is 25.3. The van der Waals surface area contributed by atoms with E-state index in [1.807, 2.05) is 48.2 Å². The topological polar surface area (TPSA) is 102 Å². The Balaban J connectivity index is 1.45. The minimum Gasteiger partial charge on any atom is -0.454 e. The van der Waals surface area contributed by atoms with Gasteiger partial charge in [-0.3, -0.25) is 4.79 Å². The molecule has 38 heavy (non-hydrogen) atoms. The van der Waals surface area contributed by atoms with E-state index < -0.39 is 5.82 Å². The molecule has 1 saturated heterocycles. The van der Waals surface area contributed by atoms with Gasteiger partial charge in [-0.2, -0.15) is 5.10 Å². The lowest BCUT2D eigenvalue weighted by molar-refractivity contribution is -0.127. The summed E-state index contributed by atoms with van der Waals surface area (Å²) in [6.45, 7) is 1.86. The van der Waals surface area contributed by atoms with E-state index in [4.69, 9.17) is 15.6 Å². The molecule has 2 aromatic heterocycles. The van der Waals surface area contributed by atoms with Crippen molar-refractivity contribution < 1.29 is 13.9 Å². The molecule has 1 amide bonds. The largest absolute Gasteiger partial charge is 0.454 e. The Hall–Kier alpha value is -4.31. The number of nitrogen functional groups attached to an aromatic ring is 1. The summed E-state index contributed by atoms with van der Waals surface area (Å²) in [7, 11) is 3.91. The van der Waals surface area contributed by atoms with Crippen LogP contribution < -0.4 is 10.5 Å². The Morgan fingerprint density at radius 3 is 2.79 bits per heavy atom. The number of halogens is 1. The number of fused-ring (bicyclic) bond motifs is 1. The van der Waals surface area contributed by atoms with E-state index in [1.54, 1.807) is 35.0 Å². The first-order chi connectivity index (χ1) is 18.4. The molecule has 2 aromatic carbocycles. The predicted octanol–water partition coefficient (Wildman–Crippen LogP) is 4.29. The van der Waals surface area contributed by atoms with Gasteiger partial charge < -0.3 is 20.3 Å². The van der Waals surface area contributed by atoms with E-state index in [2.05, 4.69) is 9.97 Å². The number of likely N-dealkylation sites (N-methyl/N-ethyl adjacent to an activating group) is 1. The quantitative estimate of drug-likeness (QED) is 0.366. The molecule has 1 aliphatic rings. The van der Waals surface area contributed by atoms with Crippen LogP contribution in [-0.2, 0) is 4.79 Å². The Labute approximate surface area is 220 Å². The van der Waals surface area contributed by atoms with Crippen molar-refractivity contribution in [3.63, 3.8) is 0 Å². The molecule has 0 spiro atoms. The summed E-state index contributed by atoms with van der Waals surface area (Å²) in [6, 6.07) is 13.6. The van der Waals surface area contributed by atoms with Gasteiger partial charge in [-0.05, 0) is 57.3 Å². The molecule has 9 nitrogen and oxygen atoms in total. The van der Waals surface area contributed by atoms with Gasteiger partial charge >= 0.3 is 0 Å². The lowest BCUT2D eigenvalue weighted by Crippen LogP contribution is -2.40. The summed E-state index contributed by atoms with van der Waals surface area (Å²) in [5, 5.41) is 5.40. The van der Waals surface area contributed by atoms with Crippen molar-refractivity contribution in [3.8, 4) is 22.8 Å². The zero-order valence-electron chi connectivity index (χ0n) is 21.4. The normalized spacial score (nSPS) is 16.0. The third kappa shape index (κ3) is 5.35. The van der Waals surface area contributed by atoms with Crippen LogP contribution in [0.25, 0.3) is 22.3 Å². The number of likely N-dealkylation sites (tertiary alicyclic amines) is 1. The van der Waals surface area contributed by atoms with Gasteiger partial charge in [0.15, 0.2) is 17.2 Å². The van der Waals surface area contributed by atoms with Crippen LogP contribution in [0.15, 0.2) is 67.0 Å². The fraction of sp³-hybridized carbons (Fsp3) is 0.286. The van der Waals surface area contributed by atoms with Gasteiger partial charge in [0.2, 0.25) is 5.91 Å². The van der Waals surface area contributed by atoms with Gasteiger partial charge in [-0.15, -0.1) is 0 Å². The zero-order valence-corrected chi connectivity index (χ0v) is 21.4. The molecule has 2 N–H and O–H groups in total. The standard InChI is InChI=1S/C28H30FN7O2/c1-34(2)14-7-11-24(37)35-15-6-8-20(17-35)36-28-25(27(30)31-18-32-28)26(33-36)19-12-13-23(22(29)16-19)38-21-9-4-3-5-10-21/h3-5,7,9-13,16,18,20H,6,8,14-15,17H2,1-2H3,(H2,30,31,32)/t20-/m1/s1. The number of piperidine rings is 1. The van der Waals surface area contributed by atoms with Crippen molar-refractivity contribution in [3.05, 3.63) is 72.8 Å². The summed E-state index contributed by atoms with van der Waals surface area (Å²) in [6.07, 6.45) is 6.53. The monoisotopic (exact) mass is 515 g/mol. The highest BCUT2D eigenvalue weighted by Gasteiger charge is 2.28. The summed E-state index contributed by atoms with van der Waals surface area (Å²) in [5.74, 6) is 0.356. The van der Waals surface area contributed by atoms with E-state index in [-0.39, 0.29) is 23.5 Å². The van der Waals surface area contributed by atoms with Crippen molar-refractivity contribution in [2.75, 3.05) is 39.5 Å². The van der Waals surface area contributed by atoms with E-state index in [9.17, 15) is 4.79 Å². The number of nitrogens with zero attached hydrogens (tertiary/aromatic N) is 6. The minimum atomic E-state index is -0.525. The molecule has 5 rings (SSSR count). The number of anilines is 1. The molecule has 0 unspecified atom stereocenters. The zero-order chi connectivity index (χ0) is 26.6. The Morgan fingerprint density at radius 1 is 1.21 bits per heavy atom. The van der Waals surface area contributed by atoms with Crippen molar-refractivity contribution in [1.29, 1.82) is 0 Å². The Kier molecular flexibility index (Phi) is 7.32. The fourth-order valence-corrected chi connectivity index (χ4v) is 4.62. The molecule has 0 saturated carbocycles. The van der Waals surface area contributed by atoms with Crippen molar-refractivity contribution in [2.24, 2.45) is 0 Å². The first-order valence-corrected chi connectivity index (χ1v) is 12.5. The number of amides is 1. The third-order valence-electron chi connectivity index (χ3n) is 6.48. The number of nitrogens with two attached hydrogens (primary N) is 1. The van der Waals surface area contributed by atoms with Gasteiger partial charge in [-0.25, -0.2) is 19.0 Å². The molecule has 3 heterocycles. The maximum Gasteiger partial charge on any atom is 0.246 e. The van der Waals surface area contributed by atoms with Crippen LogP contribution in [-0.4, -0.2) is 69.2 Å². The average Bonchev–Trinajstić information content (AvgIpc) is 3.31. The van der Waals surface area contributed by atoms with E-state index in [1.165, 1.54) is 12.4 Å². The van der Waals surface area contributed by atoms with Crippen LogP contribution >= 0.6 is 0 Å². The molecule has 0 bridgehead atoms. The van der Waals surface area contributed by atoms with E-state index in [0.29, 0.717) is 47.7 Å². The van der Waals surface area contributed by atoms with Crippen LogP contribution in [0.1, 0.15) is 18.9 Å². The number of hydrogen-bond acceptors (Lipinski definition) is 7. The number of carbonyl (C=O) groups is 1. The predicted molar refractivity (Wildman–Crippen MR) is 144 cm³/mol. The second kappa shape index (κ2) is 11.0. The number of aromatic nitrogens is 4. The van der Waals surface area contributed by atoms with Gasteiger partial charge in [0.1, 0.15) is 23.6 Å². The third-order valence-corrected chi connectivity index (χ3v) is 6.48. The molecule has 1 fully saturated rings. The van der Waals surface area contributed by atoms with Gasteiger partial charge in [0.25, 0.3) is 0 Å². The summed E-state index contributed by atoms with van der Waals surface area (Å²) >= 11 is 0. The number of rotatable bonds is 7. The van der Waals surface area contributed by atoms with Gasteiger partial charge in [0, 0.05) is 31.3 Å². The summed E-state index contributed by atoms with van der Waals surface area (Å²) < 4.78 is 22.6. The average molecular weight is 516 g/mol. The number of hydrogen-bond donors (Lipinski definition) is 1.